The summed E-state index contributed by atoms with van der Waals surface area (Å²) in [7, 11) is 0. The minimum absolute atomic E-state index is 0.144. The van der Waals surface area contributed by atoms with Gasteiger partial charge >= 0.3 is 6.09 Å². The van der Waals surface area contributed by atoms with E-state index in [0.29, 0.717) is 23.4 Å². The van der Waals surface area contributed by atoms with E-state index in [1.165, 1.54) is 0 Å². The van der Waals surface area contributed by atoms with Crippen molar-refractivity contribution in [3.63, 3.8) is 0 Å². The fourth-order valence-electron chi connectivity index (χ4n) is 3.26. The van der Waals surface area contributed by atoms with Gasteiger partial charge in [-0.25, -0.2) is 4.79 Å². The molecule has 6 heteroatoms. The Kier molecular flexibility index (Phi) is 5.08. The van der Waals surface area contributed by atoms with E-state index < -0.39 is 17.6 Å². The Labute approximate surface area is 158 Å². The highest BCUT2D eigenvalue weighted by molar-refractivity contribution is 6.01. The van der Waals surface area contributed by atoms with E-state index in [1.54, 1.807) is 57.2 Å². The van der Waals surface area contributed by atoms with Crippen LogP contribution >= 0.6 is 0 Å². The highest BCUT2D eigenvalue weighted by Crippen LogP contribution is 2.39. The van der Waals surface area contributed by atoms with Crippen molar-refractivity contribution in [2.75, 3.05) is 10.6 Å². The molecule has 0 radical (unpaired) electrons. The largest absolute Gasteiger partial charge is 0.508 e. The first-order chi connectivity index (χ1) is 12.7. The first-order valence-corrected chi connectivity index (χ1v) is 8.95. The lowest BCUT2D eigenvalue weighted by atomic mass is 9.99. The monoisotopic (exact) mass is 368 g/mol. The van der Waals surface area contributed by atoms with Crippen LogP contribution in [0.15, 0.2) is 42.5 Å². The van der Waals surface area contributed by atoms with E-state index in [-0.39, 0.29) is 11.7 Å². The Balaban J connectivity index is 1.76. The minimum Gasteiger partial charge on any atom is -0.508 e. The number of rotatable bonds is 3. The molecule has 0 spiro atoms. The number of para-hydroxylation sites is 2. The minimum atomic E-state index is -0.618. The molecule has 1 aliphatic rings. The number of carbonyl (C=O) groups excluding carboxylic acids is 2. The first kappa shape index (κ1) is 18.8. The molecule has 2 aromatic carbocycles. The average Bonchev–Trinajstić information content (AvgIpc) is 3.00. The van der Waals surface area contributed by atoms with E-state index in [4.69, 9.17) is 4.74 Å². The number of phenolic OH excluding ortho intramolecular Hbond substituents is 1. The van der Waals surface area contributed by atoms with Gasteiger partial charge in [0.15, 0.2) is 0 Å². The van der Waals surface area contributed by atoms with Crippen LogP contribution in [0.2, 0.25) is 0 Å². The Hall–Kier alpha value is -3.02. The Morgan fingerprint density at radius 1 is 1.04 bits per heavy atom. The van der Waals surface area contributed by atoms with Gasteiger partial charge in [0.05, 0.1) is 17.3 Å². The summed E-state index contributed by atoms with van der Waals surface area (Å²) in [5, 5.41) is 15.7. The zero-order valence-electron chi connectivity index (χ0n) is 15.7. The van der Waals surface area contributed by atoms with Crippen molar-refractivity contribution in [2.45, 2.75) is 45.1 Å². The standard InChI is InChI=1S/C21H24N2O4/c1-21(2,3)27-20(26)23-16-9-5-4-8-15(16)22-19(25)14-12-11-13-7-6-10-17(24)18(13)14/h4-10,14,24H,11-12H2,1-3H3,(H,22,25)(H,23,26)/t14-/m1/s1. The molecule has 1 atom stereocenters. The highest BCUT2D eigenvalue weighted by atomic mass is 16.6. The number of benzene rings is 2. The number of hydrogen-bond donors (Lipinski definition) is 3. The van der Waals surface area contributed by atoms with Gasteiger partial charge in [-0.1, -0.05) is 24.3 Å². The Morgan fingerprint density at radius 2 is 1.70 bits per heavy atom. The maximum Gasteiger partial charge on any atom is 0.412 e. The van der Waals surface area contributed by atoms with Gasteiger partial charge in [0.25, 0.3) is 0 Å². The van der Waals surface area contributed by atoms with Gasteiger partial charge in [-0.3, -0.25) is 10.1 Å². The fourth-order valence-corrected chi connectivity index (χ4v) is 3.26. The molecule has 0 fully saturated rings. The molecule has 2 aromatic rings. The van der Waals surface area contributed by atoms with Crippen LogP contribution in [0.1, 0.15) is 44.2 Å². The van der Waals surface area contributed by atoms with Gasteiger partial charge in [0.2, 0.25) is 5.91 Å². The van der Waals surface area contributed by atoms with E-state index in [9.17, 15) is 14.7 Å². The van der Waals surface area contributed by atoms with Crippen molar-refractivity contribution < 1.29 is 19.4 Å². The van der Waals surface area contributed by atoms with E-state index in [2.05, 4.69) is 10.6 Å². The van der Waals surface area contributed by atoms with Gasteiger partial charge in [-0.2, -0.15) is 0 Å². The SMILES string of the molecule is CC(C)(C)OC(=O)Nc1ccccc1NC(=O)[C@@H]1CCc2cccc(O)c21. The van der Waals surface area contributed by atoms with Crippen LogP contribution < -0.4 is 10.6 Å². The van der Waals surface area contributed by atoms with Crippen LogP contribution in [-0.2, 0) is 16.0 Å². The van der Waals surface area contributed by atoms with Crippen molar-refractivity contribution in [3.05, 3.63) is 53.6 Å². The van der Waals surface area contributed by atoms with Crippen molar-refractivity contribution in [3.8, 4) is 5.75 Å². The molecule has 3 rings (SSSR count). The number of aryl methyl sites for hydroxylation is 1. The van der Waals surface area contributed by atoms with Gasteiger partial charge in [-0.05, 0) is 57.4 Å². The summed E-state index contributed by atoms with van der Waals surface area (Å²) in [5.74, 6) is -0.491. The van der Waals surface area contributed by atoms with E-state index >= 15 is 0 Å². The van der Waals surface area contributed by atoms with Crippen LogP contribution in [0.25, 0.3) is 0 Å². The highest BCUT2D eigenvalue weighted by Gasteiger charge is 2.31. The maximum atomic E-state index is 12.8. The summed E-state index contributed by atoms with van der Waals surface area (Å²) in [6, 6.07) is 12.3. The number of phenols is 1. The third-order valence-corrected chi connectivity index (χ3v) is 4.36. The second kappa shape index (κ2) is 7.31. The van der Waals surface area contributed by atoms with Gasteiger partial charge in [-0.15, -0.1) is 0 Å². The number of ether oxygens (including phenoxy) is 1. The van der Waals surface area contributed by atoms with E-state index in [0.717, 1.165) is 12.0 Å². The van der Waals surface area contributed by atoms with Crippen LogP contribution in [0, 0.1) is 0 Å². The second-order valence-electron chi connectivity index (χ2n) is 7.60. The number of fused-ring (bicyclic) bond motifs is 1. The topological polar surface area (TPSA) is 87.7 Å². The van der Waals surface area contributed by atoms with Crippen LogP contribution in [0.3, 0.4) is 0 Å². The van der Waals surface area contributed by atoms with Gasteiger partial charge < -0.3 is 15.2 Å². The molecule has 0 bridgehead atoms. The smallest absolute Gasteiger partial charge is 0.412 e. The van der Waals surface area contributed by atoms with Crippen molar-refractivity contribution in [1.29, 1.82) is 0 Å². The summed E-state index contributed by atoms with van der Waals surface area (Å²) in [6.45, 7) is 5.35. The molecule has 0 aliphatic heterocycles. The summed E-state index contributed by atoms with van der Waals surface area (Å²) in [4.78, 5) is 24.9. The predicted molar refractivity (Wildman–Crippen MR) is 104 cm³/mol. The van der Waals surface area contributed by atoms with Gasteiger partial charge in [0.1, 0.15) is 11.4 Å². The normalized spacial score (nSPS) is 15.7. The number of hydrogen-bond acceptors (Lipinski definition) is 4. The lowest BCUT2D eigenvalue weighted by molar-refractivity contribution is -0.117. The summed E-state index contributed by atoms with van der Waals surface area (Å²) < 4.78 is 5.27. The molecule has 3 N–H and O–H groups in total. The van der Waals surface area contributed by atoms with Gasteiger partial charge in [0, 0.05) is 5.56 Å². The van der Waals surface area contributed by atoms with Crippen molar-refractivity contribution in [1.82, 2.24) is 0 Å². The molecule has 6 nitrogen and oxygen atoms in total. The third-order valence-electron chi connectivity index (χ3n) is 4.36. The third kappa shape index (κ3) is 4.39. The Bertz CT molecular complexity index is 871. The lowest BCUT2D eigenvalue weighted by Gasteiger charge is -2.21. The number of anilines is 2. The molecule has 0 saturated heterocycles. The number of aromatic hydroxyl groups is 1. The second-order valence-corrected chi connectivity index (χ2v) is 7.60. The molecule has 0 heterocycles. The quantitative estimate of drug-likeness (QED) is 0.749. The van der Waals surface area contributed by atoms with Crippen molar-refractivity contribution in [2.24, 2.45) is 0 Å². The number of carbonyl (C=O) groups is 2. The molecule has 0 unspecified atom stereocenters. The average molecular weight is 368 g/mol. The molecule has 142 valence electrons. The first-order valence-electron chi connectivity index (χ1n) is 8.95. The molecule has 0 saturated carbocycles. The zero-order chi connectivity index (χ0) is 19.6. The molecule has 27 heavy (non-hydrogen) atoms. The van der Waals surface area contributed by atoms with E-state index in [1.807, 2.05) is 6.07 Å². The summed E-state index contributed by atoms with van der Waals surface area (Å²) >= 11 is 0. The number of amides is 2. The Morgan fingerprint density at radius 3 is 2.37 bits per heavy atom. The lowest BCUT2D eigenvalue weighted by Crippen LogP contribution is -2.28. The van der Waals surface area contributed by atoms with Crippen LogP contribution in [0.4, 0.5) is 16.2 Å². The number of nitrogens with one attached hydrogen (secondary N) is 2. The summed E-state index contributed by atoms with van der Waals surface area (Å²) in [6.07, 6.45) is 0.799. The molecule has 2 amide bonds. The van der Waals surface area contributed by atoms with Crippen molar-refractivity contribution >= 4 is 23.4 Å². The maximum absolute atomic E-state index is 12.8. The molecule has 1 aliphatic carbocycles. The molecular formula is C21H24N2O4. The van der Waals surface area contributed by atoms with Crippen LogP contribution in [-0.4, -0.2) is 22.7 Å². The zero-order valence-corrected chi connectivity index (χ0v) is 15.7. The predicted octanol–water partition coefficient (Wildman–Crippen LogP) is 4.41. The fraction of sp³-hybridized carbons (Fsp3) is 0.333. The molecule has 0 aromatic heterocycles. The molecular weight excluding hydrogens is 344 g/mol. The summed E-state index contributed by atoms with van der Waals surface area (Å²) in [5.41, 5.74) is 2.00. The van der Waals surface area contributed by atoms with Crippen LogP contribution in [0.5, 0.6) is 5.75 Å².